The quantitative estimate of drug-likeness (QED) is 0.589. The molecule has 0 aliphatic carbocycles. The van der Waals surface area contributed by atoms with E-state index in [9.17, 15) is 27.9 Å². The van der Waals surface area contributed by atoms with Crippen LogP contribution in [0.2, 0.25) is 0 Å². The normalized spacial score (nSPS) is 14.8. The Labute approximate surface area is 198 Å². The van der Waals surface area contributed by atoms with E-state index in [-0.39, 0.29) is 29.7 Å². The Morgan fingerprint density at radius 3 is 2.40 bits per heavy atom. The second-order valence-electron chi connectivity index (χ2n) is 8.28. The number of likely N-dealkylation sites (N-methyl/N-ethyl adjacent to an activating group) is 1. The monoisotopic (exact) mass is 491 g/mol. The first-order chi connectivity index (χ1) is 16.5. The molecular weight excluding hydrogens is 467 g/mol. The van der Waals surface area contributed by atoms with E-state index in [4.69, 9.17) is 0 Å². The lowest BCUT2D eigenvalue weighted by molar-refractivity contribution is -0.274. The molecule has 4 rings (SSSR count). The van der Waals surface area contributed by atoms with Crippen LogP contribution in [0, 0.1) is 6.92 Å². The van der Waals surface area contributed by atoms with E-state index >= 15 is 0 Å². The zero-order valence-electron chi connectivity index (χ0n) is 19.1. The standard InChI is InChI=1S/C23H24F3N5O4/c1-15-20(32)31(17-3-5-18(6-4-17)35-23(24,25)26)22(34)30(15)14-16-7-8-27-13-19(16)21(33)29-11-9-28(2)10-12-29/h3-8,13,32H,9-12,14H2,1-2H3. The number of benzene rings is 1. The molecule has 0 bridgehead atoms. The molecule has 9 nitrogen and oxygen atoms in total. The van der Waals surface area contributed by atoms with Gasteiger partial charge >= 0.3 is 12.1 Å². The Morgan fingerprint density at radius 1 is 1.11 bits per heavy atom. The maximum Gasteiger partial charge on any atom is 0.573 e. The lowest BCUT2D eigenvalue weighted by Gasteiger charge is -2.32. The molecule has 0 spiro atoms. The number of alkyl halides is 3. The molecule has 0 radical (unpaired) electrons. The highest BCUT2D eigenvalue weighted by molar-refractivity contribution is 5.95. The highest BCUT2D eigenvalue weighted by Gasteiger charge is 2.31. The number of rotatable bonds is 5. The number of piperazine rings is 1. The summed E-state index contributed by atoms with van der Waals surface area (Å²) in [4.78, 5) is 34.3. The van der Waals surface area contributed by atoms with Crippen molar-refractivity contribution in [3.8, 4) is 17.3 Å². The van der Waals surface area contributed by atoms with Gasteiger partial charge in [-0.3, -0.25) is 14.3 Å². The van der Waals surface area contributed by atoms with Gasteiger partial charge in [-0.25, -0.2) is 9.36 Å². The predicted octanol–water partition coefficient (Wildman–Crippen LogP) is 2.38. The summed E-state index contributed by atoms with van der Waals surface area (Å²) in [5.74, 6) is -0.995. The van der Waals surface area contributed by atoms with Crippen LogP contribution in [0.15, 0.2) is 47.5 Å². The summed E-state index contributed by atoms with van der Waals surface area (Å²) in [6.45, 7) is 4.20. The van der Waals surface area contributed by atoms with E-state index in [0.717, 1.165) is 29.8 Å². The lowest BCUT2D eigenvalue weighted by atomic mass is 10.1. The fourth-order valence-electron chi connectivity index (χ4n) is 3.96. The number of aromatic hydroxyl groups is 1. The van der Waals surface area contributed by atoms with Crippen LogP contribution in [0.25, 0.3) is 5.69 Å². The van der Waals surface area contributed by atoms with Gasteiger partial charge in [0.25, 0.3) is 5.91 Å². The Morgan fingerprint density at radius 2 is 1.77 bits per heavy atom. The summed E-state index contributed by atoms with van der Waals surface area (Å²) in [6, 6.07) is 6.22. The van der Waals surface area contributed by atoms with Crippen LogP contribution < -0.4 is 10.4 Å². The molecular formula is C23H24F3N5O4. The van der Waals surface area contributed by atoms with Crippen molar-refractivity contribution < 1.29 is 27.8 Å². The van der Waals surface area contributed by atoms with Crippen LogP contribution in [0.5, 0.6) is 11.6 Å². The van der Waals surface area contributed by atoms with E-state index in [0.29, 0.717) is 24.2 Å². The average molecular weight is 491 g/mol. The summed E-state index contributed by atoms with van der Waals surface area (Å²) in [7, 11) is 1.99. The molecule has 0 unspecified atom stereocenters. The van der Waals surface area contributed by atoms with Crippen molar-refractivity contribution >= 4 is 5.91 Å². The van der Waals surface area contributed by atoms with Gasteiger partial charge in [-0.2, -0.15) is 0 Å². The van der Waals surface area contributed by atoms with Crippen molar-refractivity contribution in [1.82, 2.24) is 23.9 Å². The minimum absolute atomic E-state index is 0.00215. The van der Waals surface area contributed by atoms with Crippen LogP contribution in [-0.2, 0) is 6.54 Å². The molecule has 0 atom stereocenters. The molecule has 3 heterocycles. The highest BCUT2D eigenvalue weighted by Crippen LogP contribution is 2.26. The van der Waals surface area contributed by atoms with Gasteiger partial charge in [0.05, 0.1) is 23.5 Å². The topological polar surface area (TPSA) is 92.8 Å². The van der Waals surface area contributed by atoms with Gasteiger partial charge in [0.2, 0.25) is 5.88 Å². The van der Waals surface area contributed by atoms with E-state index in [1.165, 1.54) is 36.0 Å². The number of carbonyl (C=O) groups is 1. The van der Waals surface area contributed by atoms with Crippen LogP contribution in [-0.4, -0.2) is 74.5 Å². The Balaban J connectivity index is 1.63. The predicted molar refractivity (Wildman–Crippen MR) is 120 cm³/mol. The van der Waals surface area contributed by atoms with Crippen molar-refractivity contribution in [2.24, 2.45) is 0 Å². The van der Waals surface area contributed by atoms with E-state index in [2.05, 4.69) is 14.6 Å². The zero-order valence-corrected chi connectivity index (χ0v) is 19.1. The summed E-state index contributed by atoms with van der Waals surface area (Å²) in [5.41, 5.74) is 0.705. The number of hydrogen-bond acceptors (Lipinski definition) is 6. The number of carbonyl (C=O) groups excluding carboxylic acids is 1. The molecule has 35 heavy (non-hydrogen) atoms. The Hall–Kier alpha value is -3.80. The number of imidazole rings is 1. The van der Waals surface area contributed by atoms with E-state index in [1.54, 1.807) is 11.0 Å². The minimum atomic E-state index is -4.84. The number of halogens is 3. The molecule has 186 valence electrons. The molecule has 1 saturated heterocycles. The highest BCUT2D eigenvalue weighted by atomic mass is 19.4. The Bertz CT molecular complexity index is 1280. The fraction of sp³-hybridized carbons (Fsp3) is 0.348. The summed E-state index contributed by atoms with van der Waals surface area (Å²) in [6.07, 6.45) is -1.86. The molecule has 1 amide bonds. The average Bonchev–Trinajstić information content (AvgIpc) is 3.02. The van der Waals surface area contributed by atoms with Gasteiger partial charge in [0.15, 0.2) is 0 Å². The molecule has 1 aliphatic heterocycles. The maximum atomic E-state index is 13.2. The maximum absolute atomic E-state index is 13.2. The first-order valence-electron chi connectivity index (χ1n) is 10.8. The van der Waals surface area contributed by atoms with Gasteiger partial charge in [0, 0.05) is 38.6 Å². The third-order valence-corrected chi connectivity index (χ3v) is 5.95. The van der Waals surface area contributed by atoms with Crippen molar-refractivity contribution in [2.75, 3.05) is 33.2 Å². The molecule has 3 aromatic rings. The molecule has 1 aromatic carbocycles. The van der Waals surface area contributed by atoms with Crippen LogP contribution in [0.4, 0.5) is 13.2 Å². The van der Waals surface area contributed by atoms with Gasteiger partial charge in [-0.1, -0.05) is 0 Å². The summed E-state index contributed by atoms with van der Waals surface area (Å²) >= 11 is 0. The molecule has 1 aliphatic rings. The summed E-state index contributed by atoms with van der Waals surface area (Å²) < 4.78 is 43.4. The van der Waals surface area contributed by atoms with Crippen molar-refractivity contribution in [3.63, 3.8) is 0 Å². The SMILES string of the molecule is Cc1c(O)n(-c2ccc(OC(F)(F)F)cc2)c(=O)n1Cc1ccncc1C(=O)N1CCN(C)CC1. The minimum Gasteiger partial charge on any atom is -0.493 e. The van der Waals surface area contributed by atoms with Crippen LogP contribution in [0.3, 0.4) is 0 Å². The number of ether oxygens (including phenoxy) is 1. The molecule has 1 N–H and O–H groups in total. The smallest absolute Gasteiger partial charge is 0.493 e. The summed E-state index contributed by atoms with van der Waals surface area (Å²) in [5, 5.41) is 10.6. The zero-order chi connectivity index (χ0) is 25.3. The number of amides is 1. The lowest BCUT2D eigenvalue weighted by Crippen LogP contribution is -2.47. The van der Waals surface area contributed by atoms with Gasteiger partial charge in [-0.05, 0) is 49.9 Å². The Kier molecular flexibility index (Phi) is 6.57. The largest absolute Gasteiger partial charge is 0.573 e. The first kappa shape index (κ1) is 24.3. The number of nitrogens with zero attached hydrogens (tertiary/aromatic N) is 5. The van der Waals surface area contributed by atoms with Crippen LogP contribution >= 0.6 is 0 Å². The third-order valence-electron chi connectivity index (χ3n) is 5.95. The van der Waals surface area contributed by atoms with Crippen LogP contribution in [0.1, 0.15) is 21.6 Å². The number of aromatic nitrogens is 3. The van der Waals surface area contributed by atoms with Gasteiger partial charge in [0.1, 0.15) is 5.75 Å². The second kappa shape index (κ2) is 9.45. The van der Waals surface area contributed by atoms with E-state index in [1.807, 2.05) is 7.05 Å². The fourth-order valence-corrected chi connectivity index (χ4v) is 3.96. The molecule has 0 saturated carbocycles. The van der Waals surface area contributed by atoms with E-state index < -0.39 is 17.8 Å². The number of pyridine rings is 1. The van der Waals surface area contributed by atoms with Crippen molar-refractivity contribution in [1.29, 1.82) is 0 Å². The second-order valence-corrected chi connectivity index (χ2v) is 8.28. The first-order valence-corrected chi connectivity index (χ1v) is 10.8. The number of hydrogen-bond donors (Lipinski definition) is 1. The molecule has 1 fully saturated rings. The third kappa shape index (κ3) is 5.16. The van der Waals surface area contributed by atoms with Crippen molar-refractivity contribution in [2.45, 2.75) is 19.8 Å². The molecule has 2 aromatic heterocycles. The van der Waals surface area contributed by atoms with Crippen molar-refractivity contribution in [3.05, 3.63) is 70.0 Å². The molecule has 12 heteroatoms. The van der Waals surface area contributed by atoms with Gasteiger partial charge in [-0.15, -0.1) is 13.2 Å². The van der Waals surface area contributed by atoms with Gasteiger partial charge < -0.3 is 19.6 Å².